The van der Waals surface area contributed by atoms with Gasteiger partial charge in [-0.1, -0.05) is 11.2 Å². The van der Waals surface area contributed by atoms with Crippen LogP contribution in [0.25, 0.3) is 0 Å². The third kappa shape index (κ3) is 2.62. The Bertz CT molecular complexity index is 551. The van der Waals surface area contributed by atoms with Gasteiger partial charge < -0.3 is 10.9 Å². The van der Waals surface area contributed by atoms with Gasteiger partial charge >= 0.3 is 0 Å². The van der Waals surface area contributed by atoms with E-state index in [2.05, 4.69) is 31.2 Å². The molecule has 0 bridgehead atoms. The minimum atomic E-state index is -0.00757. The summed E-state index contributed by atoms with van der Waals surface area (Å²) in [4.78, 5) is 4.08. The predicted molar refractivity (Wildman–Crippen MR) is 65.8 cm³/mol. The van der Waals surface area contributed by atoms with E-state index in [1.165, 1.54) is 0 Å². The van der Waals surface area contributed by atoms with Gasteiger partial charge in [0.25, 0.3) is 0 Å². The molecule has 0 fully saturated rings. The molecule has 3 N–H and O–H groups in total. The molecule has 0 amide bonds. The maximum Gasteiger partial charge on any atom is 0.189 e. The van der Waals surface area contributed by atoms with Gasteiger partial charge in [0.1, 0.15) is 5.69 Å². The van der Waals surface area contributed by atoms with Crippen molar-refractivity contribution in [2.45, 2.75) is 6.54 Å². The lowest BCUT2D eigenvalue weighted by Gasteiger charge is -2.06. The lowest BCUT2D eigenvalue weighted by Crippen LogP contribution is -2.18. The molecule has 2 aromatic rings. The summed E-state index contributed by atoms with van der Waals surface area (Å²) in [5.74, 6) is -0.00757. The molecule has 0 radical (unpaired) electrons. The van der Waals surface area contributed by atoms with E-state index in [0.717, 1.165) is 10.0 Å². The lowest BCUT2D eigenvalue weighted by molar-refractivity contribution is 0.318. The zero-order valence-electron chi connectivity index (χ0n) is 8.79. The number of nitrogens with two attached hydrogens (primary N) is 1. The first-order chi connectivity index (χ1) is 8.20. The zero-order chi connectivity index (χ0) is 12.3. The number of aromatic nitrogens is 3. The van der Waals surface area contributed by atoms with Crippen molar-refractivity contribution in [3.8, 4) is 0 Å². The van der Waals surface area contributed by atoms with E-state index in [0.29, 0.717) is 12.2 Å². The topological polar surface area (TPSA) is 89.3 Å². The Kier molecular flexibility index (Phi) is 3.38. The van der Waals surface area contributed by atoms with Crippen LogP contribution in [0.3, 0.4) is 0 Å². The van der Waals surface area contributed by atoms with Crippen LogP contribution in [0.2, 0.25) is 0 Å². The number of hydrogen-bond donors (Lipinski definition) is 2. The molecule has 0 aromatic carbocycles. The zero-order valence-corrected chi connectivity index (χ0v) is 10.4. The molecule has 88 valence electrons. The molecule has 0 spiro atoms. The molecule has 2 aromatic heterocycles. The van der Waals surface area contributed by atoms with Crippen LogP contribution in [0.4, 0.5) is 0 Å². The van der Waals surface area contributed by atoms with Crippen LogP contribution >= 0.6 is 15.9 Å². The van der Waals surface area contributed by atoms with Crippen LogP contribution in [-0.4, -0.2) is 25.8 Å². The Morgan fingerprint density at radius 2 is 2.41 bits per heavy atom. The first kappa shape index (κ1) is 11.6. The van der Waals surface area contributed by atoms with Crippen molar-refractivity contribution in [2.75, 3.05) is 0 Å². The molecule has 2 rings (SSSR count). The third-order valence-electron chi connectivity index (χ3n) is 2.18. The van der Waals surface area contributed by atoms with Crippen molar-refractivity contribution >= 4 is 21.8 Å². The second-order valence-corrected chi connectivity index (χ2v) is 4.27. The normalized spacial score (nSPS) is 11.7. The Labute approximate surface area is 106 Å². The van der Waals surface area contributed by atoms with Gasteiger partial charge in [0, 0.05) is 18.0 Å². The molecule has 0 saturated carbocycles. The van der Waals surface area contributed by atoms with Crippen LogP contribution < -0.4 is 5.73 Å². The number of hydrogen-bond acceptors (Lipinski definition) is 4. The van der Waals surface area contributed by atoms with Crippen LogP contribution in [-0.2, 0) is 6.54 Å². The van der Waals surface area contributed by atoms with E-state index in [4.69, 9.17) is 10.9 Å². The minimum absolute atomic E-state index is 0.00757. The fraction of sp³-hybridized carbons (Fsp3) is 0.100. The number of nitrogens with zero attached hydrogens (tertiary/aromatic N) is 4. The molecule has 0 unspecified atom stereocenters. The Hall–Kier alpha value is -1.89. The largest absolute Gasteiger partial charge is 0.409 e. The maximum absolute atomic E-state index is 8.68. The van der Waals surface area contributed by atoms with Crippen molar-refractivity contribution in [1.82, 2.24) is 14.8 Å². The molecule has 6 nitrogen and oxygen atoms in total. The number of pyridine rings is 1. The van der Waals surface area contributed by atoms with E-state index in [1.54, 1.807) is 23.1 Å². The van der Waals surface area contributed by atoms with Crippen molar-refractivity contribution < 1.29 is 5.21 Å². The van der Waals surface area contributed by atoms with Gasteiger partial charge in [-0.15, -0.1) is 0 Å². The van der Waals surface area contributed by atoms with Crippen molar-refractivity contribution in [1.29, 1.82) is 0 Å². The molecule has 0 atom stereocenters. The third-order valence-corrected chi connectivity index (χ3v) is 2.59. The fourth-order valence-corrected chi connectivity index (χ4v) is 1.77. The number of amidine groups is 1. The summed E-state index contributed by atoms with van der Waals surface area (Å²) in [6.07, 6.45) is 5.12. The Morgan fingerprint density at radius 1 is 1.59 bits per heavy atom. The summed E-state index contributed by atoms with van der Waals surface area (Å²) in [6.45, 7) is 0.505. The SMILES string of the molecule is NC(=NO)c1ncccc1Cn1cc(Br)cn1. The summed E-state index contributed by atoms with van der Waals surface area (Å²) in [5.41, 5.74) is 6.84. The first-order valence-corrected chi connectivity index (χ1v) is 5.59. The van der Waals surface area contributed by atoms with Crippen LogP contribution in [0.15, 0.2) is 40.4 Å². The first-order valence-electron chi connectivity index (χ1n) is 4.80. The second-order valence-electron chi connectivity index (χ2n) is 3.35. The van der Waals surface area contributed by atoms with Gasteiger partial charge in [0.15, 0.2) is 5.84 Å². The molecular weight excluding hydrogens is 286 g/mol. The highest BCUT2D eigenvalue weighted by atomic mass is 79.9. The van der Waals surface area contributed by atoms with E-state index in [-0.39, 0.29) is 5.84 Å². The maximum atomic E-state index is 8.68. The van der Waals surface area contributed by atoms with Crippen molar-refractivity contribution in [3.63, 3.8) is 0 Å². The Morgan fingerprint density at radius 3 is 3.06 bits per heavy atom. The van der Waals surface area contributed by atoms with Gasteiger partial charge in [-0.25, -0.2) is 0 Å². The summed E-state index contributed by atoms with van der Waals surface area (Å²) in [6, 6.07) is 3.65. The van der Waals surface area contributed by atoms with E-state index in [1.807, 2.05) is 12.3 Å². The van der Waals surface area contributed by atoms with Crippen LogP contribution in [0.5, 0.6) is 0 Å². The molecular formula is C10H10BrN5O. The summed E-state index contributed by atoms with van der Waals surface area (Å²) < 4.78 is 2.63. The average molecular weight is 296 g/mol. The number of oxime groups is 1. The second kappa shape index (κ2) is 4.96. The van der Waals surface area contributed by atoms with Gasteiger partial charge in [-0.2, -0.15) is 5.10 Å². The summed E-state index contributed by atoms with van der Waals surface area (Å²) >= 11 is 3.32. The highest BCUT2D eigenvalue weighted by Crippen LogP contribution is 2.11. The summed E-state index contributed by atoms with van der Waals surface area (Å²) in [7, 11) is 0. The monoisotopic (exact) mass is 295 g/mol. The highest BCUT2D eigenvalue weighted by Gasteiger charge is 2.08. The molecule has 0 aliphatic carbocycles. The lowest BCUT2D eigenvalue weighted by atomic mass is 10.2. The van der Waals surface area contributed by atoms with Crippen molar-refractivity contribution in [2.24, 2.45) is 10.9 Å². The molecule has 0 aliphatic heterocycles. The van der Waals surface area contributed by atoms with Gasteiger partial charge in [0.2, 0.25) is 0 Å². The van der Waals surface area contributed by atoms with Crippen molar-refractivity contribution in [3.05, 3.63) is 46.5 Å². The molecule has 0 saturated heterocycles. The Balaban J connectivity index is 2.32. The predicted octanol–water partition coefficient (Wildman–Crippen LogP) is 1.18. The molecule has 7 heteroatoms. The standard InChI is InChI=1S/C10H10BrN5O/c11-8-4-14-16(6-8)5-7-2-1-3-13-9(7)10(12)15-17/h1-4,6,17H,5H2,(H2,12,15). The number of halogens is 1. The van der Waals surface area contributed by atoms with Crippen LogP contribution in [0.1, 0.15) is 11.3 Å². The summed E-state index contributed by atoms with van der Waals surface area (Å²) in [5, 5.41) is 15.8. The van der Waals surface area contributed by atoms with Gasteiger partial charge in [-0.3, -0.25) is 9.67 Å². The fourth-order valence-electron chi connectivity index (χ4n) is 1.44. The van der Waals surface area contributed by atoms with E-state index >= 15 is 0 Å². The van der Waals surface area contributed by atoms with Gasteiger partial charge in [-0.05, 0) is 22.0 Å². The van der Waals surface area contributed by atoms with Gasteiger partial charge in [0.05, 0.1) is 17.2 Å². The average Bonchev–Trinajstić information content (AvgIpc) is 2.74. The highest BCUT2D eigenvalue weighted by molar-refractivity contribution is 9.10. The smallest absolute Gasteiger partial charge is 0.189 e. The van der Waals surface area contributed by atoms with E-state index < -0.39 is 0 Å². The molecule has 0 aliphatic rings. The van der Waals surface area contributed by atoms with Crippen LogP contribution in [0, 0.1) is 0 Å². The van der Waals surface area contributed by atoms with E-state index in [9.17, 15) is 0 Å². The molecule has 17 heavy (non-hydrogen) atoms. The quantitative estimate of drug-likeness (QED) is 0.385. The minimum Gasteiger partial charge on any atom is -0.409 e. The molecule has 2 heterocycles. The number of rotatable bonds is 3.